The predicted octanol–water partition coefficient (Wildman–Crippen LogP) is 0.986. The van der Waals surface area contributed by atoms with Gasteiger partial charge in [-0.15, -0.1) is 0 Å². The van der Waals surface area contributed by atoms with Crippen molar-refractivity contribution in [2.45, 2.75) is 32.2 Å². The smallest absolute Gasteiger partial charge is 0.218 e. The first-order chi connectivity index (χ1) is 8.61. The lowest BCUT2D eigenvalue weighted by molar-refractivity contribution is 0.597. The van der Waals surface area contributed by atoms with Crippen LogP contribution in [0.5, 0.6) is 0 Å². The SMILES string of the molecule is CCC(CCc1ccccc1)N=C(N)N=C(N)N. The zero-order valence-electron chi connectivity index (χ0n) is 10.7. The first kappa shape index (κ1) is 14.0. The molecule has 0 aliphatic rings. The number of rotatable bonds is 5. The summed E-state index contributed by atoms with van der Waals surface area (Å²) in [6.07, 6.45) is 2.81. The summed E-state index contributed by atoms with van der Waals surface area (Å²) in [5.74, 6) is 0.0871. The van der Waals surface area contributed by atoms with Crippen molar-refractivity contribution >= 4 is 11.9 Å². The van der Waals surface area contributed by atoms with E-state index < -0.39 is 0 Å². The van der Waals surface area contributed by atoms with E-state index in [0.29, 0.717) is 0 Å². The van der Waals surface area contributed by atoms with Gasteiger partial charge in [-0.2, -0.15) is 4.99 Å². The number of nitrogens with zero attached hydrogens (tertiary/aromatic N) is 2. The molecule has 0 spiro atoms. The molecular weight excluding hydrogens is 226 g/mol. The van der Waals surface area contributed by atoms with Crippen LogP contribution in [-0.4, -0.2) is 18.0 Å². The minimum Gasteiger partial charge on any atom is -0.370 e. The highest BCUT2D eigenvalue weighted by atomic mass is 15.1. The van der Waals surface area contributed by atoms with Crippen LogP contribution < -0.4 is 17.2 Å². The Kier molecular flexibility index (Phi) is 5.70. The molecule has 0 aliphatic heterocycles. The third-order valence-corrected chi connectivity index (χ3v) is 2.64. The molecule has 98 valence electrons. The van der Waals surface area contributed by atoms with Crippen LogP contribution in [0, 0.1) is 0 Å². The van der Waals surface area contributed by atoms with Crippen molar-refractivity contribution in [1.82, 2.24) is 0 Å². The van der Waals surface area contributed by atoms with Crippen LogP contribution in [0.1, 0.15) is 25.3 Å². The van der Waals surface area contributed by atoms with E-state index in [1.165, 1.54) is 5.56 Å². The molecule has 0 aromatic heterocycles. The summed E-state index contributed by atoms with van der Waals surface area (Å²) >= 11 is 0. The summed E-state index contributed by atoms with van der Waals surface area (Å²) in [4.78, 5) is 8.02. The molecule has 0 heterocycles. The van der Waals surface area contributed by atoms with E-state index in [9.17, 15) is 0 Å². The number of aliphatic imine (C=N–C) groups is 2. The fourth-order valence-corrected chi connectivity index (χ4v) is 1.69. The Hall–Kier alpha value is -2.04. The molecule has 0 amide bonds. The van der Waals surface area contributed by atoms with E-state index in [1.54, 1.807) is 0 Å². The van der Waals surface area contributed by atoms with Crippen molar-refractivity contribution in [2.75, 3.05) is 0 Å². The largest absolute Gasteiger partial charge is 0.370 e. The summed E-state index contributed by atoms with van der Waals surface area (Å²) in [5.41, 5.74) is 17.4. The van der Waals surface area contributed by atoms with Crippen LogP contribution in [0.3, 0.4) is 0 Å². The molecule has 0 radical (unpaired) electrons. The van der Waals surface area contributed by atoms with Gasteiger partial charge >= 0.3 is 0 Å². The van der Waals surface area contributed by atoms with Crippen molar-refractivity contribution in [2.24, 2.45) is 27.2 Å². The molecule has 1 aromatic carbocycles. The van der Waals surface area contributed by atoms with E-state index in [1.807, 2.05) is 18.2 Å². The molecule has 0 bridgehead atoms. The molecule has 1 unspecified atom stereocenters. The Labute approximate surface area is 108 Å². The van der Waals surface area contributed by atoms with Crippen molar-refractivity contribution in [3.63, 3.8) is 0 Å². The average molecular weight is 247 g/mol. The van der Waals surface area contributed by atoms with E-state index >= 15 is 0 Å². The minimum absolute atomic E-state index is 0.0610. The Morgan fingerprint density at radius 2 is 1.83 bits per heavy atom. The zero-order chi connectivity index (χ0) is 13.4. The summed E-state index contributed by atoms with van der Waals surface area (Å²) in [6, 6.07) is 10.4. The lowest BCUT2D eigenvalue weighted by atomic mass is 10.0. The van der Waals surface area contributed by atoms with Crippen LogP contribution in [-0.2, 0) is 6.42 Å². The van der Waals surface area contributed by atoms with Crippen molar-refractivity contribution in [3.8, 4) is 0 Å². The van der Waals surface area contributed by atoms with Gasteiger partial charge in [0.05, 0.1) is 6.04 Å². The highest BCUT2D eigenvalue weighted by molar-refractivity contribution is 5.92. The Bertz CT molecular complexity index is 407. The molecular formula is C13H21N5. The third kappa shape index (κ3) is 5.34. The zero-order valence-corrected chi connectivity index (χ0v) is 10.7. The maximum atomic E-state index is 5.62. The Morgan fingerprint density at radius 1 is 1.17 bits per heavy atom. The van der Waals surface area contributed by atoms with Crippen molar-refractivity contribution in [3.05, 3.63) is 35.9 Å². The molecule has 1 aromatic rings. The number of hydrogen-bond acceptors (Lipinski definition) is 1. The van der Waals surface area contributed by atoms with Crippen molar-refractivity contribution < 1.29 is 0 Å². The second-order valence-corrected chi connectivity index (χ2v) is 4.11. The molecule has 5 nitrogen and oxygen atoms in total. The van der Waals surface area contributed by atoms with Crippen LogP contribution in [0.2, 0.25) is 0 Å². The molecule has 0 saturated carbocycles. The van der Waals surface area contributed by atoms with Crippen LogP contribution in [0.4, 0.5) is 0 Å². The van der Waals surface area contributed by atoms with E-state index in [2.05, 4.69) is 29.0 Å². The van der Waals surface area contributed by atoms with Gasteiger partial charge in [-0.3, -0.25) is 0 Å². The van der Waals surface area contributed by atoms with E-state index in [0.717, 1.165) is 19.3 Å². The van der Waals surface area contributed by atoms with Gasteiger partial charge in [0.25, 0.3) is 0 Å². The van der Waals surface area contributed by atoms with Gasteiger partial charge in [0, 0.05) is 0 Å². The number of aryl methyl sites for hydroxylation is 1. The molecule has 0 aliphatic carbocycles. The second-order valence-electron chi connectivity index (χ2n) is 4.11. The van der Waals surface area contributed by atoms with Gasteiger partial charge in [0.15, 0.2) is 5.96 Å². The Balaban J connectivity index is 2.55. The monoisotopic (exact) mass is 247 g/mol. The third-order valence-electron chi connectivity index (χ3n) is 2.64. The molecule has 0 saturated heterocycles. The summed E-state index contributed by atoms with van der Waals surface area (Å²) in [6.45, 7) is 2.07. The summed E-state index contributed by atoms with van der Waals surface area (Å²) in [7, 11) is 0. The van der Waals surface area contributed by atoms with Gasteiger partial charge in [-0.25, -0.2) is 4.99 Å². The van der Waals surface area contributed by atoms with Gasteiger partial charge < -0.3 is 17.2 Å². The normalized spacial score (nSPS) is 13.1. The van der Waals surface area contributed by atoms with Gasteiger partial charge in [-0.05, 0) is 24.8 Å². The number of guanidine groups is 2. The molecule has 6 N–H and O–H groups in total. The van der Waals surface area contributed by atoms with Crippen LogP contribution >= 0.6 is 0 Å². The first-order valence-corrected chi connectivity index (χ1v) is 6.08. The van der Waals surface area contributed by atoms with Crippen LogP contribution in [0.15, 0.2) is 40.3 Å². The standard InChI is InChI=1S/C13H21N5/c1-2-11(17-13(16)18-12(14)15)9-8-10-6-4-3-5-7-10/h3-7,11H,2,8-9H2,1H3,(H6,14,15,16,17,18). The van der Waals surface area contributed by atoms with Gasteiger partial charge in [-0.1, -0.05) is 37.3 Å². The maximum Gasteiger partial charge on any atom is 0.218 e. The Morgan fingerprint density at radius 3 is 2.39 bits per heavy atom. The molecule has 18 heavy (non-hydrogen) atoms. The number of benzene rings is 1. The molecule has 0 fully saturated rings. The van der Waals surface area contributed by atoms with Crippen LogP contribution in [0.25, 0.3) is 0 Å². The summed E-state index contributed by atoms with van der Waals surface area (Å²) in [5, 5.41) is 0. The predicted molar refractivity (Wildman–Crippen MR) is 76.3 cm³/mol. The van der Waals surface area contributed by atoms with Crippen molar-refractivity contribution in [1.29, 1.82) is 0 Å². The number of nitrogens with two attached hydrogens (primary N) is 3. The average Bonchev–Trinajstić information content (AvgIpc) is 2.34. The fourth-order valence-electron chi connectivity index (χ4n) is 1.69. The van der Waals surface area contributed by atoms with Gasteiger partial charge in [0.1, 0.15) is 0 Å². The quantitative estimate of drug-likeness (QED) is 0.534. The topological polar surface area (TPSA) is 103 Å². The fraction of sp³-hybridized carbons (Fsp3) is 0.385. The molecule has 5 heteroatoms. The lowest BCUT2D eigenvalue weighted by Gasteiger charge is -2.10. The second kappa shape index (κ2) is 7.32. The summed E-state index contributed by atoms with van der Waals surface area (Å²) < 4.78 is 0. The molecule has 1 rings (SSSR count). The van der Waals surface area contributed by atoms with E-state index in [4.69, 9.17) is 17.2 Å². The van der Waals surface area contributed by atoms with E-state index in [-0.39, 0.29) is 18.0 Å². The number of hydrogen-bond donors (Lipinski definition) is 3. The van der Waals surface area contributed by atoms with Gasteiger partial charge in [0.2, 0.25) is 5.96 Å². The lowest BCUT2D eigenvalue weighted by Crippen LogP contribution is -2.27. The minimum atomic E-state index is -0.0610. The first-order valence-electron chi connectivity index (χ1n) is 6.08. The maximum absolute atomic E-state index is 5.62. The molecule has 1 atom stereocenters. The highest BCUT2D eigenvalue weighted by Gasteiger charge is 2.05. The highest BCUT2D eigenvalue weighted by Crippen LogP contribution is 2.10.